The lowest BCUT2D eigenvalue weighted by Crippen LogP contribution is -2.47. The van der Waals surface area contributed by atoms with E-state index in [-0.39, 0.29) is 30.7 Å². The van der Waals surface area contributed by atoms with Crippen molar-refractivity contribution in [3.8, 4) is 11.4 Å². The number of imidazole rings is 2. The van der Waals surface area contributed by atoms with Crippen LogP contribution in [0.2, 0.25) is 0 Å². The zero-order valence-electron chi connectivity index (χ0n) is 23.3. The number of nitrogens with zero attached hydrogens (tertiary/aromatic N) is 6. The van der Waals surface area contributed by atoms with Crippen molar-refractivity contribution in [3.63, 3.8) is 0 Å². The number of hydrogen-bond acceptors (Lipinski definition) is 5. The number of fused-ring (bicyclic) bond motifs is 2. The van der Waals surface area contributed by atoms with Crippen LogP contribution in [0.15, 0.2) is 48.5 Å². The molecule has 4 heterocycles. The highest BCUT2D eigenvalue weighted by atomic mass is 35.5. The maximum absolute atomic E-state index is 13.1. The lowest BCUT2D eigenvalue weighted by atomic mass is 10.1. The molecule has 6 rings (SSSR count). The van der Waals surface area contributed by atoms with Gasteiger partial charge in [-0.25, -0.2) is 15.0 Å². The second-order valence-corrected chi connectivity index (χ2v) is 10.3. The van der Waals surface area contributed by atoms with Gasteiger partial charge >= 0.3 is 0 Å². The summed E-state index contributed by atoms with van der Waals surface area (Å²) in [6.45, 7) is 10.3. The van der Waals surface area contributed by atoms with E-state index in [1.165, 1.54) is 0 Å². The van der Waals surface area contributed by atoms with Gasteiger partial charge < -0.3 is 19.4 Å². The summed E-state index contributed by atoms with van der Waals surface area (Å²) in [6, 6.07) is 16.2. The summed E-state index contributed by atoms with van der Waals surface area (Å²) in [5.74, 6) is 1.88. The molecule has 1 fully saturated rings. The molecule has 1 saturated heterocycles. The Morgan fingerprint density at radius 3 is 2.48 bits per heavy atom. The highest BCUT2D eigenvalue weighted by molar-refractivity contribution is 5.95. The van der Waals surface area contributed by atoms with E-state index in [1.54, 1.807) is 0 Å². The van der Waals surface area contributed by atoms with Gasteiger partial charge in [0.15, 0.2) is 5.65 Å². The predicted molar refractivity (Wildman–Crippen MR) is 165 cm³/mol. The maximum atomic E-state index is 13.1. The van der Waals surface area contributed by atoms with Gasteiger partial charge in [-0.3, -0.25) is 4.79 Å². The number of amides is 1. The number of carbonyl (C=O) groups is 1. The van der Waals surface area contributed by atoms with Crippen LogP contribution in [-0.4, -0.2) is 73.4 Å². The Bertz CT molecular complexity index is 1670. The van der Waals surface area contributed by atoms with Gasteiger partial charge in [0.1, 0.15) is 17.2 Å². The Hall–Kier alpha value is -3.46. The van der Waals surface area contributed by atoms with Crippen molar-refractivity contribution in [2.75, 3.05) is 33.2 Å². The lowest BCUT2D eigenvalue weighted by Gasteiger charge is -2.32. The van der Waals surface area contributed by atoms with Crippen molar-refractivity contribution in [1.29, 1.82) is 0 Å². The van der Waals surface area contributed by atoms with Crippen molar-refractivity contribution < 1.29 is 4.79 Å². The van der Waals surface area contributed by atoms with Crippen LogP contribution < -0.4 is 0 Å². The molecule has 0 atom stereocenters. The number of pyridine rings is 1. The molecule has 8 nitrogen and oxygen atoms in total. The molecule has 0 bridgehead atoms. The fourth-order valence-corrected chi connectivity index (χ4v) is 5.35. The molecular weight excluding hydrogens is 545 g/mol. The molecule has 5 aromatic rings. The molecule has 1 aliphatic rings. The lowest BCUT2D eigenvalue weighted by molar-refractivity contribution is 0.0664. The summed E-state index contributed by atoms with van der Waals surface area (Å²) < 4.78 is 2.22. The minimum Gasteiger partial charge on any atom is -0.338 e. The molecule has 1 N–H and O–H groups in total. The molecule has 2 aromatic carbocycles. The zero-order valence-corrected chi connectivity index (χ0v) is 24.9. The standard InChI is InChI=1S/C30H33N7O.2ClH/c1-5-26-34-27-19(2)15-20(3)31-29(27)37(26)18-21-9-10-24-25(16-21)33-28(32-24)22-7-6-8-23(17-22)30(38)36-13-11-35(4)12-14-36;;/h6-10,15-17H,5,11-14,18H2,1-4H3,(H,32,33);2*1H. The average molecular weight is 581 g/mol. The van der Waals surface area contributed by atoms with Gasteiger partial charge in [-0.05, 0) is 62.4 Å². The highest BCUT2D eigenvalue weighted by Gasteiger charge is 2.21. The molecular formula is C30H35Cl2N7O. The van der Waals surface area contributed by atoms with Gasteiger partial charge in [-0.2, -0.15) is 0 Å². The second-order valence-electron chi connectivity index (χ2n) is 10.3. The fourth-order valence-electron chi connectivity index (χ4n) is 5.35. The summed E-state index contributed by atoms with van der Waals surface area (Å²) in [4.78, 5) is 35.3. The van der Waals surface area contributed by atoms with Crippen molar-refractivity contribution in [2.24, 2.45) is 0 Å². The summed E-state index contributed by atoms with van der Waals surface area (Å²) in [7, 11) is 2.09. The van der Waals surface area contributed by atoms with E-state index < -0.39 is 0 Å². The van der Waals surface area contributed by atoms with Crippen LogP contribution in [0.1, 0.15) is 39.9 Å². The van der Waals surface area contributed by atoms with E-state index in [0.717, 1.165) is 88.8 Å². The van der Waals surface area contributed by atoms with Crippen molar-refractivity contribution in [1.82, 2.24) is 34.3 Å². The van der Waals surface area contributed by atoms with Crippen LogP contribution in [-0.2, 0) is 13.0 Å². The van der Waals surface area contributed by atoms with Crippen molar-refractivity contribution >= 4 is 52.9 Å². The zero-order chi connectivity index (χ0) is 26.4. The molecule has 0 radical (unpaired) electrons. The molecule has 3 aromatic heterocycles. The maximum Gasteiger partial charge on any atom is 0.253 e. The van der Waals surface area contributed by atoms with Gasteiger partial charge in [-0.1, -0.05) is 25.1 Å². The minimum absolute atomic E-state index is 0. The summed E-state index contributed by atoms with van der Waals surface area (Å²) in [5, 5.41) is 0. The molecule has 210 valence electrons. The van der Waals surface area contributed by atoms with E-state index >= 15 is 0 Å². The summed E-state index contributed by atoms with van der Waals surface area (Å²) in [6.07, 6.45) is 0.842. The van der Waals surface area contributed by atoms with Crippen molar-refractivity contribution in [3.05, 3.63) is 76.7 Å². The highest BCUT2D eigenvalue weighted by Crippen LogP contribution is 2.25. The summed E-state index contributed by atoms with van der Waals surface area (Å²) in [5.41, 5.74) is 8.70. The Morgan fingerprint density at radius 2 is 1.73 bits per heavy atom. The normalized spacial score (nSPS) is 13.8. The Morgan fingerprint density at radius 1 is 0.950 bits per heavy atom. The number of piperazine rings is 1. The number of carbonyl (C=O) groups excluding carboxylic acids is 1. The van der Waals surface area contributed by atoms with E-state index in [0.29, 0.717) is 12.1 Å². The Kier molecular flexibility index (Phi) is 8.83. The van der Waals surface area contributed by atoms with Gasteiger partial charge in [0.25, 0.3) is 5.91 Å². The number of nitrogens with one attached hydrogen (secondary N) is 1. The first kappa shape index (κ1) is 29.5. The van der Waals surface area contributed by atoms with Crippen LogP contribution in [0, 0.1) is 13.8 Å². The number of likely N-dealkylation sites (N-methyl/N-ethyl adjacent to an activating group) is 1. The van der Waals surface area contributed by atoms with Crippen LogP contribution >= 0.6 is 24.8 Å². The average Bonchev–Trinajstić information content (AvgIpc) is 3.50. The SMILES string of the molecule is CCc1nc2c(C)cc(C)nc2n1Cc1ccc2nc(-c3cccc(C(=O)N4CCN(C)CC4)c3)[nH]c2c1.Cl.Cl. The first-order valence-corrected chi connectivity index (χ1v) is 13.3. The molecule has 0 spiro atoms. The monoisotopic (exact) mass is 579 g/mol. The number of halogens is 2. The first-order valence-electron chi connectivity index (χ1n) is 13.3. The minimum atomic E-state index is 0. The largest absolute Gasteiger partial charge is 0.338 e. The second kappa shape index (κ2) is 12.0. The molecule has 0 aliphatic carbocycles. The number of rotatable bonds is 5. The van der Waals surface area contributed by atoms with E-state index in [1.807, 2.05) is 36.1 Å². The number of aryl methyl sites for hydroxylation is 3. The third-order valence-electron chi connectivity index (χ3n) is 7.48. The molecule has 1 aliphatic heterocycles. The van der Waals surface area contributed by atoms with Crippen LogP contribution in [0.3, 0.4) is 0 Å². The first-order chi connectivity index (χ1) is 18.4. The topological polar surface area (TPSA) is 82.9 Å². The predicted octanol–water partition coefficient (Wildman–Crippen LogP) is 5.43. The molecule has 0 saturated carbocycles. The molecule has 40 heavy (non-hydrogen) atoms. The quantitative estimate of drug-likeness (QED) is 0.300. The van der Waals surface area contributed by atoms with Gasteiger partial charge in [-0.15, -0.1) is 24.8 Å². The Balaban J connectivity index is 0.00000185. The van der Waals surface area contributed by atoms with E-state index in [4.69, 9.17) is 15.0 Å². The number of hydrogen-bond donors (Lipinski definition) is 1. The number of aromatic nitrogens is 5. The molecule has 1 amide bonds. The molecule has 0 unspecified atom stereocenters. The van der Waals surface area contributed by atoms with Crippen LogP contribution in [0.4, 0.5) is 0 Å². The van der Waals surface area contributed by atoms with Crippen molar-refractivity contribution in [2.45, 2.75) is 33.7 Å². The van der Waals surface area contributed by atoms with E-state index in [9.17, 15) is 4.79 Å². The van der Waals surface area contributed by atoms with Gasteiger partial charge in [0.2, 0.25) is 0 Å². The van der Waals surface area contributed by atoms with Gasteiger partial charge in [0.05, 0.1) is 17.6 Å². The number of benzene rings is 2. The third-order valence-corrected chi connectivity index (χ3v) is 7.48. The van der Waals surface area contributed by atoms with Crippen LogP contribution in [0.25, 0.3) is 33.6 Å². The third kappa shape index (κ3) is 5.57. The molecule has 10 heteroatoms. The summed E-state index contributed by atoms with van der Waals surface area (Å²) >= 11 is 0. The van der Waals surface area contributed by atoms with Gasteiger partial charge in [0, 0.05) is 49.4 Å². The number of H-pyrrole nitrogens is 1. The Labute approximate surface area is 246 Å². The van der Waals surface area contributed by atoms with E-state index in [2.05, 4.69) is 59.6 Å². The smallest absolute Gasteiger partial charge is 0.253 e. The fraction of sp³-hybridized carbons (Fsp3) is 0.333. The van der Waals surface area contributed by atoms with Crippen LogP contribution in [0.5, 0.6) is 0 Å². The number of aromatic amines is 1.